The lowest BCUT2D eigenvalue weighted by Crippen LogP contribution is -2.65. The second kappa shape index (κ2) is 10.5. The van der Waals surface area contributed by atoms with Crippen molar-refractivity contribution in [1.82, 2.24) is 0 Å². The minimum Gasteiger partial charge on any atom is -0.390 e. The van der Waals surface area contributed by atoms with Crippen LogP contribution < -0.4 is 5.73 Å². The Morgan fingerprint density at radius 1 is 0.650 bits per heavy atom. The number of nitrogens with two attached hydrogens (primary N) is 1. The van der Waals surface area contributed by atoms with Gasteiger partial charge in [0.15, 0.2) is 0 Å². The van der Waals surface area contributed by atoms with Crippen LogP contribution in [0, 0.1) is 62.6 Å². The number of fused-ring (bicyclic) bond motifs is 7. The Morgan fingerprint density at radius 3 is 1.85 bits per heavy atom. The molecule has 5 aliphatic rings. The highest BCUT2D eigenvalue weighted by Gasteiger charge is 2.70. The van der Waals surface area contributed by atoms with Crippen LogP contribution >= 0.6 is 0 Å². The number of hydrogen-bond donors (Lipinski definition) is 5. The molecule has 5 nitrogen and oxygen atoms in total. The van der Waals surface area contributed by atoms with Crippen LogP contribution in [0.25, 0.3) is 0 Å². The Balaban J connectivity index is 1.34. The van der Waals surface area contributed by atoms with Crippen LogP contribution in [0.2, 0.25) is 0 Å². The maximum absolute atomic E-state index is 10.8. The van der Waals surface area contributed by atoms with Gasteiger partial charge in [-0.05, 0) is 133 Å². The van der Waals surface area contributed by atoms with E-state index < -0.39 is 24.4 Å². The fourth-order valence-corrected chi connectivity index (χ4v) is 13.3. The third-order valence-corrected chi connectivity index (χ3v) is 15.5. The Morgan fingerprint density at radius 2 is 1.23 bits per heavy atom. The lowest BCUT2D eigenvalue weighted by Gasteiger charge is -2.73. The van der Waals surface area contributed by atoms with E-state index in [0.717, 1.165) is 17.8 Å². The number of aliphatic hydroxyl groups excluding tert-OH is 4. The SMILES string of the molecule is CC(C[C@@H](O)[C@@H](O)[C@@H](O)[C@@H](O)CN)[C@H]1CC[C@]2(C)[C@H]3CC[C@@H]4[C@@]5(C)CCCC(C)(C)[C@@H]5CC[C@@]4(C)[C@]3(C)CC[C@@H]12. The molecule has 0 bridgehead atoms. The molecule has 0 heterocycles. The summed E-state index contributed by atoms with van der Waals surface area (Å²) in [6.45, 7) is 18.0. The molecule has 5 fully saturated rings. The van der Waals surface area contributed by atoms with Crippen molar-refractivity contribution in [2.75, 3.05) is 6.54 Å². The van der Waals surface area contributed by atoms with Gasteiger partial charge in [-0.15, -0.1) is 0 Å². The molecule has 5 rings (SSSR count). The molecule has 40 heavy (non-hydrogen) atoms. The van der Waals surface area contributed by atoms with E-state index in [0.29, 0.717) is 45.3 Å². The molecular formula is C35H63NO4. The molecule has 5 heteroatoms. The predicted molar refractivity (Wildman–Crippen MR) is 161 cm³/mol. The maximum Gasteiger partial charge on any atom is 0.109 e. The molecule has 0 aromatic rings. The van der Waals surface area contributed by atoms with Crippen LogP contribution in [0.15, 0.2) is 0 Å². The van der Waals surface area contributed by atoms with Crippen molar-refractivity contribution < 1.29 is 20.4 Å². The van der Waals surface area contributed by atoms with E-state index in [-0.39, 0.29) is 12.5 Å². The molecule has 0 aromatic heterocycles. The number of hydrogen-bond acceptors (Lipinski definition) is 5. The minimum atomic E-state index is -1.42. The van der Waals surface area contributed by atoms with E-state index in [4.69, 9.17) is 5.73 Å². The first-order valence-corrected chi connectivity index (χ1v) is 17.0. The summed E-state index contributed by atoms with van der Waals surface area (Å²) < 4.78 is 0. The molecule has 5 saturated carbocycles. The summed E-state index contributed by atoms with van der Waals surface area (Å²) in [5, 5.41) is 41.4. The van der Waals surface area contributed by atoms with Gasteiger partial charge >= 0.3 is 0 Å². The Bertz CT molecular complexity index is 925. The normalized spacial score (nSPS) is 50.0. The minimum absolute atomic E-state index is 0.138. The highest BCUT2D eigenvalue weighted by molar-refractivity contribution is 5.19. The fraction of sp³-hybridized carbons (Fsp3) is 1.00. The van der Waals surface area contributed by atoms with Crippen molar-refractivity contribution in [3.8, 4) is 0 Å². The number of aliphatic hydroxyl groups is 4. The van der Waals surface area contributed by atoms with Crippen molar-refractivity contribution in [3.63, 3.8) is 0 Å². The third kappa shape index (κ3) is 4.41. The second-order valence-corrected chi connectivity index (χ2v) is 17.4. The first-order valence-electron chi connectivity index (χ1n) is 17.0. The Labute approximate surface area is 245 Å². The van der Waals surface area contributed by atoms with Crippen LogP contribution in [-0.4, -0.2) is 51.4 Å². The van der Waals surface area contributed by atoms with Gasteiger partial charge in [-0.25, -0.2) is 0 Å². The highest BCUT2D eigenvalue weighted by atomic mass is 16.4. The first kappa shape index (κ1) is 31.2. The molecular weight excluding hydrogens is 498 g/mol. The molecule has 14 atom stereocenters. The Kier molecular flexibility index (Phi) is 8.17. The van der Waals surface area contributed by atoms with Crippen LogP contribution in [-0.2, 0) is 0 Å². The summed E-state index contributed by atoms with van der Waals surface area (Å²) in [5.74, 6) is 3.90. The average Bonchev–Trinajstić information content (AvgIpc) is 3.24. The summed E-state index contributed by atoms with van der Waals surface area (Å²) in [6, 6.07) is 0. The molecule has 0 saturated heterocycles. The molecule has 0 aromatic carbocycles. The van der Waals surface area contributed by atoms with Gasteiger partial charge in [-0.2, -0.15) is 0 Å². The van der Waals surface area contributed by atoms with Crippen LogP contribution in [0.5, 0.6) is 0 Å². The quantitative estimate of drug-likeness (QED) is 0.266. The summed E-state index contributed by atoms with van der Waals surface area (Å²) >= 11 is 0. The van der Waals surface area contributed by atoms with Gasteiger partial charge in [0.05, 0.1) is 12.2 Å². The van der Waals surface area contributed by atoms with E-state index in [1.807, 2.05) is 0 Å². The smallest absolute Gasteiger partial charge is 0.109 e. The molecule has 6 N–H and O–H groups in total. The van der Waals surface area contributed by atoms with Crippen molar-refractivity contribution in [1.29, 1.82) is 0 Å². The van der Waals surface area contributed by atoms with Crippen LogP contribution in [0.1, 0.15) is 126 Å². The Hall–Kier alpha value is -0.200. The van der Waals surface area contributed by atoms with E-state index in [1.165, 1.54) is 70.6 Å². The molecule has 0 amide bonds. The summed E-state index contributed by atoms with van der Waals surface area (Å²) in [7, 11) is 0. The predicted octanol–water partition coefficient (Wildman–Crippen LogP) is 5.91. The summed E-state index contributed by atoms with van der Waals surface area (Å²) in [4.78, 5) is 0. The summed E-state index contributed by atoms with van der Waals surface area (Å²) in [6.07, 6.45) is 10.2. The molecule has 0 radical (unpaired) electrons. The zero-order chi connectivity index (χ0) is 29.5. The zero-order valence-electron chi connectivity index (χ0n) is 26.8. The maximum atomic E-state index is 10.8. The van der Waals surface area contributed by atoms with Crippen molar-refractivity contribution in [2.45, 2.75) is 150 Å². The van der Waals surface area contributed by atoms with Crippen molar-refractivity contribution in [2.24, 2.45) is 68.3 Å². The monoisotopic (exact) mass is 561 g/mol. The topological polar surface area (TPSA) is 107 Å². The standard InChI is InChI=1S/C35H63NO4/c1-21(19-24(37)29(39)30(40)25(38)20-36)22-11-16-32(4)23(22)12-17-34(6)27(32)9-10-28-33(5)15-8-14-31(2,3)26(33)13-18-35(28,34)7/h21-30,37-40H,8-20,36H2,1-7H3/t21?,22-,23+,24-,25+,26+,27-,28-,29-,30+,32+,33+,34-,35-/m1/s1. The molecule has 1 unspecified atom stereocenters. The van der Waals surface area contributed by atoms with Gasteiger partial charge in [-0.3, -0.25) is 0 Å². The molecule has 232 valence electrons. The zero-order valence-corrected chi connectivity index (χ0v) is 26.8. The van der Waals surface area contributed by atoms with Gasteiger partial charge in [0, 0.05) is 6.54 Å². The largest absolute Gasteiger partial charge is 0.390 e. The second-order valence-electron chi connectivity index (χ2n) is 17.4. The van der Waals surface area contributed by atoms with Gasteiger partial charge in [0.1, 0.15) is 12.2 Å². The van der Waals surface area contributed by atoms with Crippen LogP contribution in [0.4, 0.5) is 0 Å². The lowest BCUT2D eigenvalue weighted by molar-refractivity contribution is -0.241. The fourth-order valence-electron chi connectivity index (χ4n) is 13.3. The van der Waals surface area contributed by atoms with Gasteiger partial charge in [-0.1, -0.05) is 54.9 Å². The van der Waals surface area contributed by atoms with Crippen molar-refractivity contribution in [3.05, 3.63) is 0 Å². The van der Waals surface area contributed by atoms with Gasteiger partial charge < -0.3 is 26.2 Å². The molecule has 0 spiro atoms. The number of rotatable bonds is 7. The average molecular weight is 562 g/mol. The lowest BCUT2D eigenvalue weighted by atomic mass is 9.32. The highest BCUT2D eigenvalue weighted by Crippen LogP contribution is 2.78. The summed E-state index contributed by atoms with van der Waals surface area (Å²) in [5.41, 5.74) is 7.54. The first-order chi connectivity index (χ1) is 18.6. The van der Waals surface area contributed by atoms with E-state index >= 15 is 0 Å². The third-order valence-electron chi connectivity index (χ3n) is 15.5. The molecule has 5 aliphatic carbocycles. The van der Waals surface area contributed by atoms with Crippen molar-refractivity contribution >= 4 is 0 Å². The van der Waals surface area contributed by atoms with E-state index in [9.17, 15) is 20.4 Å². The van der Waals surface area contributed by atoms with Crippen LogP contribution in [0.3, 0.4) is 0 Å². The van der Waals surface area contributed by atoms with E-state index in [2.05, 4.69) is 48.5 Å². The van der Waals surface area contributed by atoms with Gasteiger partial charge in [0.25, 0.3) is 0 Å². The van der Waals surface area contributed by atoms with E-state index in [1.54, 1.807) is 0 Å². The van der Waals surface area contributed by atoms with Gasteiger partial charge in [0.2, 0.25) is 0 Å². The molecule has 0 aliphatic heterocycles.